The van der Waals surface area contributed by atoms with Gasteiger partial charge in [0.15, 0.2) is 0 Å². The van der Waals surface area contributed by atoms with Gasteiger partial charge >= 0.3 is 0 Å². The van der Waals surface area contributed by atoms with E-state index < -0.39 is 0 Å². The van der Waals surface area contributed by atoms with Crippen molar-refractivity contribution in [3.8, 4) is 6.07 Å². The van der Waals surface area contributed by atoms with Gasteiger partial charge in [-0.2, -0.15) is 5.26 Å². The SMILES string of the molecule is N#Cc1ccc(NCCCn2ccnc2)c2ccccc12. The third kappa shape index (κ3) is 2.87. The number of rotatable bonds is 5. The third-order valence-electron chi connectivity index (χ3n) is 3.51. The lowest BCUT2D eigenvalue weighted by molar-refractivity contribution is 0.661. The van der Waals surface area contributed by atoms with E-state index in [0.717, 1.165) is 41.5 Å². The van der Waals surface area contributed by atoms with Crippen LogP contribution in [0, 0.1) is 11.3 Å². The fraction of sp³-hybridized carbons (Fsp3) is 0.176. The largest absolute Gasteiger partial charge is 0.384 e. The molecule has 0 aliphatic rings. The molecule has 104 valence electrons. The van der Waals surface area contributed by atoms with E-state index in [1.54, 1.807) is 6.20 Å². The molecule has 0 aliphatic heterocycles. The molecule has 0 amide bonds. The van der Waals surface area contributed by atoms with Gasteiger partial charge in [-0.1, -0.05) is 24.3 Å². The highest BCUT2D eigenvalue weighted by Crippen LogP contribution is 2.26. The van der Waals surface area contributed by atoms with Crippen LogP contribution in [0.5, 0.6) is 0 Å². The van der Waals surface area contributed by atoms with Crippen molar-refractivity contribution in [1.82, 2.24) is 9.55 Å². The summed E-state index contributed by atoms with van der Waals surface area (Å²) in [4.78, 5) is 4.03. The Morgan fingerprint density at radius 1 is 1.14 bits per heavy atom. The molecule has 0 saturated carbocycles. The van der Waals surface area contributed by atoms with E-state index in [9.17, 15) is 0 Å². The Labute approximate surface area is 123 Å². The highest BCUT2D eigenvalue weighted by atomic mass is 15.0. The Morgan fingerprint density at radius 2 is 2.00 bits per heavy atom. The molecule has 4 heteroatoms. The van der Waals surface area contributed by atoms with Gasteiger partial charge in [0.2, 0.25) is 0 Å². The molecule has 4 nitrogen and oxygen atoms in total. The fourth-order valence-corrected chi connectivity index (χ4v) is 2.45. The summed E-state index contributed by atoms with van der Waals surface area (Å²) in [5.74, 6) is 0. The monoisotopic (exact) mass is 276 g/mol. The van der Waals surface area contributed by atoms with E-state index in [-0.39, 0.29) is 0 Å². The van der Waals surface area contributed by atoms with Crippen molar-refractivity contribution in [2.45, 2.75) is 13.0 Å². The van der Waals surface area contributed by atoms with Crippen molar-refractivity contribution in [1.29, 1.82) is 5.26 Å². The van der Waals surface area contributed by atoms with Crippen molar-refractivity contribution in [2.24, 2.45) is 0 Å². The zero-order valence-corrected chi connectivity index (χ0v) is 11.7. The number of hydrogen-bond acceptors (Lipinski definition) is 3. The van der Waals surface area contributed by atoms with Crippen LogP contribution in [0.4, 0.5) is 5.69 Å². The predicted octanol–water partition coefficient (Wildman–Crippen LogP) is 3.41. The highest BCUT2D eigenvalue weighted by Gasteiger charge is 2.04. The van der Waals surface area contributed by atoms with Crippen LogP contribution in [0.25, 0.3) is 10.8 Å². The maximum absolute atomic E-state index is 9.17. The van der Waals surface area contributed by atoms with Gasteiger partial charge in [0, 0.05) is 41.9 Å². The topological polar surface area (TPSA) is 53.6 Å². The van der Waals surface area contributed by atoms with Gasteiger partial charge in [0.1, 0.15) is 0 Å². The van der Waals surface area contributed by atoms with Crippen LogP contribution in [0.3, 0.4) is 0 Å². The summed E-state index contributed by atoms with van der Waals surface area (Å²) < 4.78 is 2.07. The first kappa shape index (κ1) is 13.2. The molecule has 3 rings (SSSR count). The molecule has 0 bridgehead atoms. The van der Waals surface area contributed by atoms with E-state index in [2.05, 4.69) is 20.9 Å². The number of nitriles is 1. The van der Waals surface area contributed by atoms with Gasteiger partial charge in [-0.3, -0.25) is 0 Å². The maximum atomic E-state index is 9.17. The van der Waals surface area contributed by atoms with Crippen molar-refractivity contribution in [3.05, 3.63) is 60.7 Å². The first-order chi connectivity index (χ1) is 10.4. The maximum Gasteiger partial charge on any atom is 0.0998 e. The first-order valence-corrected chi connectivity index (χ1v) is 7.00. The molecule has 1 N–H and O–H groups in total. The molecule has 2 aromatic carbocycles. The number of aryl methyl sites for hydroxylation is 1. The van der Waals surface area contributed by atoms with Gasteiger partial charge < -0.3 is 9.88 Å². The van der Waals surface area contributed by atoms with Crippen molar-refractivity contribution in [3.63, 3.8) is 0 Å². The molecule has 3 aromatic rings. The number of aromatic nitrogens is 2. The van der Waals surface area contributed by atoms with Gasteiger partial charge in [-0.05, 0) is 18.6 Å². The molecule has 1 heterocycles. The van der Waals surface area contributed by atoms with Crippen LogP contribution < -0.4 is 5.32 Å². The Kier molecular flexibility index (Phi) is 3.83. The summed E-state index contributed by atoms with van der Waals surface area (Å²) in [6, 6.07) is 14.1. The van der Waals surface area contributed by atoms with Gasteiger partial charge in [0.25, 0.3) is 0 Å². The van der Waals surface area contributed by atoms with E-state index >= 15 is 0 Å². The van der Waals surface area contributed by atoms with Crippen LogP contribution in [0.15, 0.2) is 55.1 Å². The van der Waals surface area contributed by atoms with Crippen LogP contribution in [-0.4, -0.2) is 16.1 Å². The summed E-state index contributed by atoms with van der Waals surface area (Å²) in [5.41, 5.74) is 1.80. The highest BCUT2D eigenvalue weighted by molar-refractivity contribution is 5.97. The van der Waals surface area contributed by atoms with Crippen molar-refractivity contribution < 1.29 is 0 Å². The van der Waals surface area contributed by atoms with Gasteiger partial charge in [-0.15, -0.1) is 0 Å². The molecule has 0 spiro atoms. The smallest absolute Gasteiger partial charge is 0.0998 e. The molecule has 21 heavy (non-hydrogen) atoms. The number of imidazole rings is 1. The average molecular weight is 276 g/mol. The Bertz CT molecular complexity index is 769. The molecule has 0 unspecified atom stereocenters. The molecule has 0 fully saturated rings. The minimum Gasteiger partial charge on any atom is -0.384 e. The molecule has 0 atom stereocenters. The second kappa shape index (κ2) is 6.10. The van der Waals surface area contributed by atoms with Crippen LogP contribution in [-0.2, 0) is 6.54 Å². The lowest BCUT2D eigenvalue weighted by Gasteiger charge is -2.11. The number of fused-ring (bicyclic) bond motifs is 1. The minimum atomic E-state index is 0.717. The summed E-state index contributed by atoms with van der Waals surface area (Å²) in [6.07, 6.45) is 6.61. The molecule has 0 radical (unpaired) electrons. The van der Waals surface area contributed by atoms with Gasteiger partial charge in [-0.25, -0.2) is 4.98 Å². The molecule has 0 aliphatic carbocycles. The molecular weight excluding hydrogens is 260 g/mol. The Hall–Kier alpha value is -2.80. The Morgan fingerprint density at radius 3 is 2.76 bits per heavy atom. The lowest BCUT2D eigenvalue weighted by Crippen LogP contribution is -2.06. The molecule has 0 saturated heterocycles. The number of nitrogens with one attached hydrogen (secondary N) is 1. The zero-order valence-electron chi connectivity index (χ0n) is 11.7. The van der Waals surface area contributed by atoms with Gasteiger partial charge in [0.05, 0.1) is 18.0 Å². The van der Waals surface area contributed by atoms with Crippen LogP contribution >= 0.6 is 0 Å². The number of anilines is 1. The van der Waals surface area contributed by atoms with Crippen molar-refractivity contribution in [2.75, 3.05) is 11.9 Å². The number of nitrogens with zero attached hydrogens (tertiary/aromatic N) is 3. The average Bonchev–Trinajstić information content (AvgIpc) is 3.05. The predicted molar refractivity (Wildman–Crippen MR) is 84.0 cm³/mol. The Balaban J connectivity index is 1.71. The van der Waals surface area contributed by atoms with E-state index in [4.69, 9.17) is 5.26 Å². The first-order valence-electron chi connectivity index (χ1n) is 7.00. The van der Waals surface area contributed by atoms with Crippen LogP contribution in [0.1, 0.15) is 12.0 Å². The summed E-state index contributed by atoms with van der Waals surface area (Å²) >= 11 is 0. The molecule has 1 aromatic heterocycles. The number of hydrogen-bond donors (Lipinski definition) is 1. The van der Waals surface area contributed by atoms with E-state index in [0.29, 0.717) is 0 Å². The number of benzene rings is 2. The zero-order chi connectivity index (χ0) is 14.5. The lowest BCUT2D eigenvalue weighted by atomic mass is 10.0. The summed E-state index contributed by atoms with van der Waals surface area (Å²) in [6.45, 7) is 1.83. The molecular formula is C17H16N4. The minimum absolute atomic E-state index is 0.717. The summed E-state index contributed by atoms with van der Waals surface area (Å²) in [5, 5.41) is 14.7. The normalized spacial score (nSPS) is 10.4. The summed E-state index contributed by atoms with van der Waals surface area (Å²) in [7, 11) is 0. The van der Waals surface area contributed by atoms with Crippen molar-refractivity contribution >= 4 is 16.5 Å². The second-order valence-electron chi connectivity index (χ2n) is 4.90. The standard InChI is InChI=1S/C17H16N4/c18-12-14-6-7-17(16-5-2-1-4-15(14)16)20-8-3-10-21-11-9-19-13-21/h1-2,4-7,9,11,13,20H,3,8,10H2. The fourth-order valence-electron chi connectivity index (χ4n) is 2.45. The van der Waals surface area contributed by atoms with Crippen LogP contribution in [0.2, 0.25) is 0 Å². The quantitative estimate of drug-likeness (QED) is 0.726. The van der Waals surface area contributed by atoms with E-state index in [1.165, 1.54) is 0 Å². The van der Waals surface area contributed by atoms with E-state index in [1.807, 2.05) is 48.9 Å². The second-order valence-corrected chi connectivity index (χ2v) is 4.90. The third-order valence-corrected chi connectivity index (χ3v) is 3.51.